The van der Waals surface area contributed by atoms with Crippen LogP contribution >= 0.6 is 0 Å². The second-order valence-corrected chi connectivity index (χ2v) is 10.1. The zero-order valence-electron chi connectivity index (χ0n) is 16.9. The van der Waals surface area contributed by atoms with Crippen molar-refractivity contribution >= 4 is 27.0 Å². The Morgan fingerprint density at radius 2 is 1.77 bits per heavy atom. The highest BCUT2D eigenvalue weighted by molar-refractivity contribution is 7.89. The van der Waals surface area contributed by atoms with Gasteiger partial charge < -0.3 is 9.88 Å². The molecule has 1 aliphatic heterocycles. The first-order chi connectivity index (χ1) is 14.9. The molecule has 3 heterocycles. The number of aromatic nitrogens is 2. The summed E-state index contributed by atoms with van der Waals surface area (Å²) in [6, 6.07) is 9.61. The number of hydrogen-bond acceptors (Lipinski definition) is 4. The zero-order valence-corrected chi connectivity index (χ0v) is 17.7. The van der Waals surface area contributed by atoms with Crippen molar-refractivity contribution in [2.24, 2.45) is 0 Å². The molecule has 5 rings (SSSR count). The van der Waals surface area contributed by atoms with Gasteiger partial charge in [-0.3, -0.25) is 4.79 Å². The molecule has 0 bridgehead atoms. The van der Waals surface area contributed by atoms with E-state index in [2.05, 4.69) is 9.97 Å². The normalized spacial score (nSPS) is 19.3. The third-order valence-electron chi connectivity index (χ3n) is 6.57. The fourth-order valence-electron chi connectivity index (χ4n) is 4.64. The maximum Gasteiger partial charge on any atom is 0.245 e. The monoisotopic (exact) mass is 442 g/mol. The second-order valence-electron chi connectivity index (χ2n) is 8.19. The molecule has 0 radical (unpaired) electrons. The molecule has 0 atom stereocenters. The second kappa shape index (κ2) is 7.42. The quantitative estimate of drug-likeness (QED) is 0.673. The van der Waals surface area contributed by atoms with Crippen molar-refractivity contribution in [3.05, 3.63) is 60.2 Å². The van der Waals surface area contributed by atoms with Crippen molar-refractivity contribution in [2.45, 2.75) is 29.6 Å². The van der Waals surface area contributed by atoms with Crippen LogP contribution in [0.15, 0.2) is 53.7 Å². The number of carbonyl (C=O) groups excluding carboxylic acids is 1. The van der Waals surface area contributed by atoms with E-state index in [1.54, 1.807) is 35.4 Å². The number of halogens is 1. The number of rotatable bonds is 4. The number of amides is 1. The van der Waals surface area contributed by atoms with Gasteiger partial charge in [-0.15, -0.1) is 0 Å². The predicted molar refractivity (Wildman–Crippen MR) is 113 cm³/mol. The van der Waals surface area contributed by atoms with E-state index in [1.807, 2.05) is 0 Å². The van der Waals surface area contributed by atoms with Crippen molar-refractivity contribution in [1.29, 1.82) is 0 Å². The largest absolute Gasteiger partial charge is 0.345 e. The standard InChI is InChI=1S/C22H23FN4O3S/c23-17-6-4-16(5-7-17)22(8-2-9-22)21(28)26-11-13-27(14-12-26)31(29,30)19-15-25-20-18(19)3-1-10-24-20/h1,3-7,10,15H,2,8-9,11-14H2,(H,24,25). The molecule has 2 fully saturated rings. The number of hydrogen-bond donors (Lipinski definition) is 1. The highest BCUT2D eigenvalue weighted by Crippen LogP contribution is 2.45. The number of nitrogens with one attached hydrogen (secondary N) is 1. The number of aromatic amines is 1. The number of pyridine rings is 1. The average Bonchev–Trinajstić information content (AvgIpc) is 3.19. The molecule has 162 valence electrons. The summed E-state index contributed by atoms with van der Waals surface area (Å²) >= 11 is 0. The Kier molecular flexibility index (Phi) is 4.82. The molecule has 31 heavy (non-hydrogen) atoms. The molecule has 1 N–H and O–H groups in total. The molecular weight excluding hydrogens is 419 g/mol. The molecule has 1 saturated carbocycles. The van der Waals surface area contributed by atoms with Crippen LogP contribution in [0.3, 0.4) is 0 Å². The zero-order chi connectivity index (χ0) is 21.6. The molecule has 0 unspecified atom stereocenters. The molecule has 0 spiro atoms. The van der Waals surface area contributed by atoms with E-state index in [0.717, 1.165) is 24.8 Å². The summed E-state index contributed by atoms with van der Waals surface area (Å²) in [5.74, 6) is -0.310. The predicted octanol–water partition coefficient (Wildman–Crippen LogP) is 2.66. The van der Waals surface area contributed by atoms with E-state index in [9.17, 15) is 17.6 Å². The summed E-state index contributed by atoms with van der Waals surface area (Å²) in [6.45, 7) is 1.14. The molecule has 1 saturated heterocycles. The van der Waals surface area contributed by atoms with Crippen LogP contribution in [0.4, 0.5) is 4.39 Å². The maximum absolute atomic E-state index is 13.4. The van der Waals surface area contributed by atoms with Gasteiger partial charge in [-0.05, 0) is 42.7 Å². The molecule has 2 aliphatic rings. The van der Waals surface area contributed by atoms with Crippen LogP contribution in [0.2, 0.25) is 0 Å². The van der Waals surface area contributed by atoms with E-state index < -0.39 is 15.4 Å². The summed E-state index contributed by atoms with van der Waals surface area (Å²) < 4.78 is 41.2. The number of H-pyrrole nitrogens is 1. The Morgan fingerprint density at radius 3 is 2.42 bits per heavy atom. The van der Waals surface area contributed by atoms with Crippen LogP contribution in [-0.4, -0.2) is 59.7 Å². The number of carbonyl (C=O) groups is 1. The Hall–Kier alpha value is -2.78. The van der Waals surface area contributed by atoms with Crippen molar-refractivity contribution in [3.8, 4) is 0 Å². The van der Waals surface area contributed by atoms with Gasteiger partial charge in [0, 0.05) is 44.0 Å². The molecule has 1 aromatic carbocycles. The van der Waals surface area contributed by atoms with Gasteiger partial charge in [-0.2, -0.15) is 4.31 Å². The van der Waals surface area contributed by atoms with Gasteiger partial charge in [0.15, 0.2) is 0 Å². The van der Waals surface area contributed by atoms with Crippen molar-refractivity contribution in [2.75, 3.05) is 26.2 Å². The minimum Gasteiger partial charge on any atom is -0.345 e. The van der Waals surface area contributed by atoms with E-state index >= 15 is 0 Å². The average molecular weight is 443 g/mol. The lowest BCUT2D eigenvalue weighted by atomic mass is 9.63. The van der Waals surface area contributed by atoms with Crippen LogP contribution in [-0.2, 0) is 20.2 Å². The first kappa shape index (κ1) is 20.1. The van der Waals surface area contributed by atoms with Gasteiger partial charge in [0.25, 0.3) is 0 Å². The van der Waals surface area contributed by atoms with Gasteiger partial charge in [-0.1, -0.05) is 18.6 Å². The van der Waals surface area contributed by atoms with E-state index in [-0.39, 0.29) is 29.7 Å². The van der Waals surface area contributed by atoms with Crippen molar-refractivity contribution in [3.63, 3.8) is 0 Å². The van der Waals surface area contributed by atoms with Crippen LogP contribution in [0.1, 0.15) is 24.8 Å². The summed E-state index contributed by atoms with van der Waals surface area (Å²) in [5.41, 5.74) is 0.754. The number of sulfonamides is 1. The third-order valence-corrected chi connectivity index (χ3v) is 8.51. The fraction of sp³-hybridized carbons (Fsp3) is 0.364. The third kappa shape index (κ3) is 3.23. The summed E-state index contributed by atoms with van der Waals surface area (Å²) in [7, 11) is -3.70. The van der Waals surface area contributed by atoms with Crippen LogP contribution < -0.4 is 0 Å². The molecule has 2 aromatic heterocycles. The Labute approximate surface area is 179 Å². The smallest absolute Gasteiger partial charge is 0.245 e. The minimum absolute atomic E-state index is 0.0127. The number of nitrogens with zero attached hydrogens (tertiary/aromatic N) is 3. The lowest BCUT2D eigenvalue weighted by Gasteiger charge is -2.45. The number of fused-ring (bicyclic) bond motifs is 1. The van der Waals surface area contributed by atoms with Crippen LogP contribution in [0.5, 0.6) is 0 Å². The van der Waals surface area contributed by atoms with E-state index in [4.69, 9.17) is 0 Å². The Morgan fingerprint density at radius 1 is 1.06 bits per heavy atom. The van der Waals surface area contributed by atoms with Gasteiger partial charge >= 0.3 is 0 Å². The molecule has 1 amide bonds. The Balaban J connectivity index is 1.33. The van der Waals surface area contributed by atoms with Gasteiger partial charge in [-0.25, -0.2) is 17.8 Å². The molecule has 7 nitrogen and oxygen atoms in total. The van der Waals surface area contributed by atoms with Gasteiger partial charge in [0.1, 0.15) is 16.4 Å². The van der Waals surface area contributed by atoms with Crippen molar-refractivity contribution < 1.29 is 17.6 Å². The maximum atomic E-state index is 13.4. The summed E-state index contributed by atoms with van der Waals surface area (Å²) in [4.78, 5) is 22.4. The number of piperazine rings is 1. The SMILES string of the molecule is O=C(N1CCN(S(=O)(=O)c2c[nH]c3ncccc23)CC1)C1(c2ccc(F)cc2)CCC1. The molecule has 1 aliphatic carbocycles. The van der Waals surface area contributed by atoms with Crippen molar-refractivity contribution in [1.82, 2.24) is 19.2 Å². The lowest BCUT2D eigenvalue weighted by molar-refractivity contribution is -0.142. The van der Waals surface area contributed by atoms with Gasteiger partial charge in [0.2, 0.25) is 15.9 Å². The summed E-state index contributed by atoms with van der Waals surface area (Å²) in [5, 5.41) is 0.561. The minimum atomic E-state index is -3.70. The lowest BCUT2D eigenvalue weighted by Crippen LogP contribution is -2.57. The highest BCUT2D eigenvalue weighted by atomic mass is 32.2. The molecule has 3 aromatic rings. The van der Waals surface area contributed by atoms with Crippen LogP contribution in [0.25, 0.3) is 11.0 Å². The van der Waals surface area contributed by atoms with Crippen LogP contribution in [0, 0.1) is 5.82 Å². The van der Waals surface area contributed by atoms with E-state index in [0.29, 0.717) is 24.1 Å². The van der Waals surface area contributed by atoms with E-state index in [1.165, 1.54) is 22.6 Å². The highest BCUT2D eigenvalue weighted by Gasteiger charge is 2.48. The molecular formula is C22H23FN4O3S. The first-order valence-corrected chi connectivity index (χ1v) is 11.8. The fourth-order valence-corrected chi connectivity index (χ4v) is 6.22. The van der Waals surface area contributed by atoms with Gasteiger partial charge in [0.05, 0.1) is 5.41 Å². The first-order valence-electron chi connectivity index (χ1n) is 10.4. The number of benzene rings is 1. The molecule has 9 heteroatoms. The summed E-state index contributed by atoms with van der Waals surface area (Å²) in [6.07, 6.45) is 5.50. The Bertz CT molecular complexity index is 1230. The topological polar surface area (TPSA) is 86.4 Å².